The number of amidine groups is 1. The lowest BCUT2D eigenvalue weighted by Gasteiger charge is -2.21. The summed E-state index contributed by atoms with van der Waals surface area (Å²) in [5.41, 5.74) is 5.92. The van der Waals surface area contributed by atoms with E-state index in [4.69, 9.17) is 20.4 Å². The van der Waals surface area contributed by atoms with Crippen molar-refractivity contribution in [2.75, 3.05) is 27.3 Å². The number of oxime groups is 1. The van der Waals surface area contributed by atoms with E-state index in [9.17, 15) is 4.79 Å². The van der Waals surface area contributed by atoms with Crippen LogP contribution in [-0.4, -0.2) is 49.2 Å². The average molecular weight is 295 g/mol. The first-order valence-corrected chi connectivity index (χ1v) is 6.55. The van der Waals surface area contributed by atoms with Gasteiger partial charge in [0.15, 0.2) is 11.5 Å². The van der Waals surface area contributed by atoms with Crippen molar-refractivity contribution in [2.24, 2.45) is 10.9 Å². The maximum Gasteiger partial charge on any atom is 0.253 e. The topological polar surface area (TPSA) is 97.4 Å². The van der Waals surface area contributed by atoms with E-state index in [2.05, 4.69) is 5.16 Å². The van der Waals surface area contributed by atoms with E-state index in [1.807, 2.05) is 6.92 Å². The Bertz CT molecular complexity index is 517. The smallest absolute Gasteiger partial charge is 0.253 e. The third-order valence-electron chi connectivity index (χ3n) is 3.07. The molecule has 7 nitrogen and oxygen atoms in total. The number of amides is 1. The van der Waals surface area contributed by atoms with Gasteiger partial charge in [0, 0.05) is 25.1 Å². The zero-order valence-electron chi connectivity index (χ0n) is 12.5. The molecule has 0 unspecified atom stereocenters. The van der Waals surface area contributed by atoms with Gasteiger partial charge in [0.2, 0.25) is 0 Å². The molecule has 1 rings (SSSR count). The van der Waals surface area contributed by atoms with Gasteiger partial charge >= 0.3 is 0 Å². The molecule has 0 saturated heterocycles. The summed E-state index contributed by atoms with van der Waals surface area (Å²) in [6.45, 7) is 2.76. The fourth-order valence-corrected chi connectivity index (χ4v) is 1.85. The summed E-state index contributed by atoms with van der Waals surface area (Å²) in [6.07, 6.45) is 0.309. The summed E-state index contributed by atoms with van der Waals surface area (Å²) in [5, 5.41) is 11.4. The van der Waals surface area contributed by atoms with Crippen molar-refractivity contribution >= 4 is 11.7 Å². The van der Waals surface area contributed by atoms with Crippen LogP contribution in [-0.2, 0) is 0 Å². The van der Waals surface area contributed by atoms with Crippen LogP contribution in [0, 0.1) is 0 Å². The molecule has 1 aromatic carbocycles. The summed E-state index contributed by atoms with van der Waals surface area (Å²) in [5.74, 6) is 1.00. The van der Waals surface area contributed by atoms with E-state index >= 15 is 0 Å². The molecule has 0 aliphatic carbocycles. The number of nitrogens with zero attached hydrogens (tertiary/aromatic N) is 2. The van der Waals surface area contributed by atoms with Crippen LogP contribution < -0.4 is 15.2 Å². The summed E-state index contributed by atoms with van der Waals surface area (Å²) in [7, 11) is 3.05. The maximum atomic E-state index is 12.4. The molecule has 0 aliphatic rings. The van der Waals surface area contributed by atoms with Crippen molar-refractivity contribution in [3.63, 3.8) is 0 Å². The molecule has 1 amide bonds. The molecule has 3 N–H and O–H groups in total. The van der Waals surface area contributed by atoms with Crippen molar-refractivity contribution in [3.05, 3.63) is 23.8 Å². The molecule has 0 aromatic heterocycles. The van der Waals surface area contributed by atoms with Crippen LogP contribution in [0.4, 0.5) is 0 Å². The number of carbonyl (C=O) groups is 1. The van der Waals surface area contributed by atoms with Crippen LogP contribution in [0.5, 0.6) is 11.5 Å². The standard InChI is InChI=1S/C14H21N3O4/c1-4-17(8-7-13(15)16-19)14(18)10-5-6-11(20-2)12(9-10)21-3/h5-6,9,19H,4,7-8H2,1-3H3,(H2,15,16). The lowest BCUT2D eigenvalue weighted by Crippen LogP contribution is -2.34. The van der Waals surface area contributed by atoms with Crippen molar-refractivity contribution in [2.45, 2.75) is 13.3 Å². The zero-order valence-corrected chi connectivity index (χ0v) is 12.5. The van der Waals surface area contributed by atoms with Gasteiger partial charge in [0.1, 0.15) is 5.84 Å². The second-order valence-corrected chi connectivity index (χ2v) is 4.30. The third-order valence-corrected chi connectivity index (χ3v) is 3.07. The van der Waals surface area contributed by atoms with Crippen molar-refractivity contribution < 1.29 is 19.5 Å². The van der Waals surface area contributed by atoms with E-state index in [-0.39, 0.29) is 11.7 Å². The van der Waals surface area contributed by atoms with Crippen LogP contribution in [0.25, 0.3) is 0 Å². The molecule has 0 radical (unpaired) electrons. The number of rotatable bonds is 7. The third kappa shape index (κ3) is 4.27. The Balaban J connectivity index is 2.89. The summed E-state index contributed by atoms with van der Waals surface area (Å²) < 4.78 is 10.3. The maximum absolute atomic E-state index is 12.4. The molecular weight excluding hydrogens is 274 g/mol. The number of benzene rings is 1. The second-order valence-electron chi connectivity index (χ2n) is 4.30. The average Bonchev–Trinajstić information content (AvgIpc) is 2.53. The number of hydrogen-bond donors (Lipinski definition) is 2. The lowest BCUT2D eigenvalue weighted by atomic mass is 10.1. The van der Waals surface area contributed by atoms with Crippen LogP contribution in [0.2, 0.25) is 0 Å². The van der Waals surface area contributed by atoms with E-state index in [0.29, 0.717) is 36.6 Å². The second kappa shape index (κ2) is 7.98. The highest BCUT2D eigenvalue weighted by molar-refractivity contribution is 5.95. The Hall–Kier alpha value is -2.44. The van der Waals surface area contributed by atoms with Gasteiger partial charge in [-0.05, 0) is 25.1 Å². The fraction of sp³-hybridized carbons (Fsp3) is 0.429. The quantitative estimate of drug-likeness (QED) is 0.342. The zero-order chi connectivity index (χ0) is 15.8. The summed E-state index contributed by atoms with van der Waals surface area (Å²) in [6, 6.07) is 4.99. The molecule has 7 heteroatoms. The van der Waals surface area contributed by atoms with Crippen molar-refractivity contribution in [3.8, 4) is 11.5 Å². The number of ether oxygens (including phenoxy) is 2. The minimum atomic E-state index is -0.149. The molecule has 0 bridgehead atoms. The lowest BCUT2D eigenvalue weighted by molar-refractivity contribution is 0.0768. The van der Waals surface area contributed by atoms with Gasteiger partial charge in [-0.25, -0.2) is 0 Å². The predicted octanol–water partition coefficient (Wildman–Crippen LogP) is 1.30. The fourth-order valence-electron chi connectivity index (χ4n) is 1.85. The van der Waals surface area contributed by atoms with Gasteiger partial charge in [0.05, 0.1) is 14.2 Å². The molecule has 0 saturated carbocycles. The van der Waals surface area contributed by atoms with Gasteiger partial charge < -0.3 is 25.3 Å². The van der Waals surface area contributed by atoms with E-state index in [1.165, 1.54) is 14.2 Å². The molecule has 0 heterocycles. The van der Waals surface area contributed by atoms with Gasteiger partial charge in [-0.15, -0.1) is 0 Å². The molecule has 0 atom stereocenters. The molecule has 116 valence electrons. The van der Waals surface area contributed by atoms with Gasteiger partial charge in [0.25, 0.3) is 5.91 Å². The number of methoxy groups -OCH3 is 2. The minimum absolute atomic E-state index is 0.0913. The molecule has 0 fully saturated rings. The largest absolute Gasteiger partial charge is 0.493 e. The minimum Gasteiger partial charge on any atom is -0.493 e. The van der Waals surface area contributed by atoms with E-state index < -0.39 is 0 Å². The number of carbonyl (C=O) groups excluding carboxylic acids is 1. The van der Waals surface area contributed by atoms with E-state index in [0.717, 1.165) is 0 Å². The highest BCUT2D eigenvalue weighted by Crippen LogP contribution is 2.28. The molecule has 0 aliphatic heterocycles. The van der Waals surface area contributed by atoms with Crippen LogP contribution in [0.15, 0.2) is 23.4 Å². The Morgan fingerprint density at radius 2 is 2.00 bits per heavy atom. The van der Waals surface area contributed by atoms with Gasteiger partial charge in [-0.2, -0.15) is 0 Å². The Kier molecular flexibility index (Phi) is 6.32. The van der Waals surface area contributed by atoms with E-state index in [1.54, 1.807) is 23.1 Å². The summed E-state index contributed by atoms with van der Waals surface area (Å²) in [4.78, 5) is 14.0. The monoisotopic (exact) mass is 295 g/mol. The van der Waals surface area contributed by atoms with Crippen LogP contribution >= 0.6 is 0 Å². The number of nitrogens with two attached hydrogens (primary N) is 1. The Morgan fingerprint density at radius 1 is 1.33 bits per heavy atom. The predicted molar refractivity (Wildman–Crippen MR) is 79.1 cm³/mol. The molecule has 1 aromatic rings. The van der Waals surface area contributed by atoms with Gasteiger partial charge in [-0.1, -0.05) is 5.16 Å². The molecule has 21 heavy (non-hydrogen) atoms. The normalized spacial score (nSPS) is 11.1. The van der Waals surface area contributed by atoms with Crippen LogP contribution in [0.1, 0.15) is 23.7 Å². The van der Waals surface area contributed by atoms with Crippen molar-refractivity contribution in [1.29, 1.82) is 0 Å². The Morgan fingerprint density at radius 3 is 2.52 bits per heavy atom. The molecule has 0 spiro atoms. The first-order chi connectivity index (χ1) is 10.1. The highest BCUT2D eigenvalue weighted by atomic mass is 16.5. The van der Waals surface area contributed by atoms with Gasteiger partial charge in [-0.3, -0.25) is 4.79 Å². The SMILES string of the molecule is CCN(CCC(N)=NO)C(=O)c1ccc(OC)c(OC)c1. The Labute approximate surface area is 123 Å². The first kappa shape index (κ1) is 16.6. The molecular formula is C14H21N3O4. The number of hydrogen-bond acceptors (Lipinski definition) is 5. The van der Waals surface area contributed by atoms with Crippen LogP contribution in [0.3, 0.4) is 0 Å². The van der Waals surface area contributed by atoms with Crippen molar-refractivity contribution in [1.82, 2.24) is 4.90 Å². The highest BCUT2D eigenvalue weighted by Gasteiger charge is 2.16. The summed E-state index contributed by atoms with van der Waals surface area (Å²) >= 11 is 0. The first-order valence-electron chi connectivity index (χ1n) is 6.55.